The van der Waals surface area contributed by atoms with Gasteiger partial charge in [0.15, 0.2) is 11.5 Å². The molecule has 0 aromatic heterocycles. The zero-order valence-electron chi connectivity index (χ0n) is 10.3. The van der Waals surface area contributed by atoms with Gasteiger partial charge in [0.1, 0.15) is 13.2 Å². The third-order valence-corrected chi connectivity index (χ3v) is 3.10. The van der Waals surface area contributed by atoms with Crippen molar-refractivity contribution in [3.63, 3.8) is 0 Å². The molecule has 1 aromatic carbocycles. The predicted molar refractivity (Wildman–Crippen MR) is 72.2 cm³/mol. The van der Waals surface area contributed by atoms with Gasteiger partial charge in [-0.1, -0.05) is 24.4 Å². The van der Waals surface area contributed by atoms with Gasteiger partial charge in [-0.3, -0.25) is 5.32 Å². The largest absolute Gasteiger partial charge is 0.486 e. The summed E-state index contributed by atoms with van der Waals surface area (Å²) in [7, 11) is 0. The molecular weight excluding hydrogens is 250 g/mol. The fraction of sp³-hybridized carbons (Fsp3) is 0.429. The van der Waals surface area contributed by atoms with Crippen molar-refractivity contribution in [2.45, 2.75) is 25.9 Å². The van der Waals surface area contributed by atoms with Gasteiger partial charge in [-0.15, -0.1) is 6.42 Å². The second-order valence-corrected chi connectivity index (χ2v) is 4.52. The Morgan fingerprint density at radius 2 is 2.22 bits per heavy atom. The molecule has 2 rings (SSSR count). The normalized spacial score (nSPS) is 14.9. The van der Waals surface area contributed by atoms with E-state index >= 15 is 0 Å². The van der Waals surface area contributed by atoms with Gasteiger partial charge >= 0.3 is 0 Å². The highest BCUT2D eigenvalue weighted by molar-refractivity contribution is 6.32. The number of terminal acetylenes is 1. The van der Waals surface area contributed by atoms with Crippen LogP contribution in [0.25, 0.3) is 0 Å². The minimum Gasteiger partial charge on any atom is -0.486 e. The molecule has 1 aliphatic heterocycles. The Hall–Kier alpha value is -1.37. The van der Waals surface area contributed by atoms with Crippen molar-refractivity contribution in [2.75, 3.05) is 13.2 Å². The number of hydrogen-bond acceptors (Lipinski definition) is 3. The van der Waals surface area contributed by atoms with Gasteiger partial charge in [0.2, 0.25) is 0 Å². The van der Waals surface area contributed by atoms with Crippen LogP contribution in [-0.2, 0) is 6.54 Å². The van der Waals surface area contributed by atoms with Crippen LogP contribution in [0.5, 0.6) is 11.5 Å². The van der Waals surface area contributed by atoms with Gasteiger partial charge in [-0.2, -0.15) is 0 Å². The van der Waals surface area contributed by atoms with Crippen LogP contribution in [0.15, 0.2) is 12.1 Å². The maximum absolute atomic E-state index is 6.16. The van der Waals surface area contributed by atoms with Crippen LogP contribution in [-0.4, -0.2) is 19.3 Å². The van der Waals surface area contributed by atoms with Crippen molar-refractivity contribution in [3.05, 3.63) is 22.7 Å². The smallest absolute Gasteiger partial charge is 0.179 e. The number of nitrogens with one attached hydrogen (secondary N) is 1. The van der Waals surface area contributed by atoms with Gasteiger partial charge in [0, 0.05) is 6.54 Å². The summed E-state index contributed by atoms with van der Waals surface area (Å²) < 4.78 is 11.0. The molecule has 0 radical (unpaired) electrons. The molecule has 3 nitrogen and oxygen atoms in total. The van der Waals surface area contributed by atoms with Crippen molar-refractivity contribution < 1.29 is 9.47 Å². The Balaban J connectivity index is 2.10. The molecule has 18 heavy (non-hydrogen) atoms. The summed E-state index contributed by atoms with van der Waals surface area (Å²) in [5.74, 6) is 4.04. The number of benzene rings is 1. The average Bonchev–Trinajstić information content (AvgIpc) is 2.40. The molecule has 0 saturated heterocycles. The van der Waals surface area contributed by atoms with E-state index in [4.69, 9.17) is 27.5 Å². The summed E-state index contributed by atoms with van der Waals surface area (Å²) >= 11 is 6.16. The lowest BCUT2D eigenvalue weighted by Crippen LogP contribution is -2.26. The summed E-state index contributed by atoms with van der Waals surface area (Å²) in [6.07, 6.45) is 6.30. The first-order chi connectivity index (χ1) is 8.74. The molecule has 1 aromatic rings. The molecule has 1 aliphatic rings. The van der Waals surface area contributed by atoms with E-state index in [9.17, 15) is 0 Å². The number of ether oxygens (including phenoxy) is 2. The Morgan fingerprint density at radius 1 is 1.44 bits per heavy atom. The maximum atomic E-state index is 6.16. The van der Waals surface area contributed by atoms with Gasteiger partial charge < -0.3 is 9.47 Å². The molecule has 0 aliphatic carbocycles. The lowest BCUT2D eigenvalue weighted by Gasteiger charge is -2.20. The summed E-state index contributed by atoms with van der Waals surface area (Å²) in [5, 5.41) is 3.86. The van der Waals surface area contributed by atoms with Crippen molar-refractivity contribution in [2.24, 2.45) is 0 Å². The summed E-state index contributed by atoms with van der Waals surface area (Å²) in [6.45, 7) is 3.81. The van der Waals surface area contributed by atoms with Crippen molar-refractivity contribution >= 4 is 11.6 Å². The van der Waals surface area contributed by atoms with E-state index in [2.05, 4.69) is 11.2 Å². The highest BCUT2D eigenvalue weighted by atomic mass is 35.5. The minimum absolute atomic E-state index is 0.0805. The zero-order chi connectivity index (χ0) is 13.0. The van der Waals surface area contributed by atoms with E-state index in [-0.39, 0.29) is 6.04 Å². The third kappa shape index (κ3) is 2.90. The lowest BCUT2D eigenvalue weighted by molar-refractivity contribution is 0.171. The molecule has 96 valence electrons. The highest BCUT2D eigenvalue weighted by Crippen LogP contribution is 2.38. The molecule has 0 bridgehead atoms. The van der Waals surface area contributed by atoms with Crippen molar-refractivity contribution in [1.82, 2.24) is 5.32 Å². The van der Waals surface area contributed by atoms with Gasteiger partial charge in [-0.25, -0.2) is 0 Å². The van der Waals surface area contributed by atoms with Crippen molar-refractivity contribution in [3.8, 4) is 23.8 Å². The topological polar surface area (TPSA) is 30.5 Å². The van der Waals surface area contributed by atoms with Crippen LogP contribution in [0.1, 0.15) is 18.9 Å². The second kappa shape index (κ2) is 5.99. The number of hydrogen-bond donors (Lipinski definition) is 1. The van der Waals surface area contributed by atoms with E-state index in [0.29, 0.717) is 36.3 Å². The molecule has 0 fully saturated rings. The molecule has 1 atom stereocenters. The van der Waals surface area contributed by atoms with E-state index in [1.165, 1.54) is 0 Å². The monoisotopic (exact) mass is 265 g/mol. The van der Waals surface area contributed by atoms with Crippen LogP contribution < -0.4 is 14.8 Å². The Bertz CT molecular complexity index is 468. The molecule has 1 heterocycles. The summed E-state index contributed by atoms with van der Waals surface area (Å²) in [5.41, 5.74) is 1.04. The molecule has 4 heteroatoms. The molecule has 1 unspecified atom stereocenters. The second-order valence-electron chi connectivity index (χ2n) is 4.11. The van der Waals surface area contributed by atoms with Crippen LogP contribution in [0, 0.1) is 12.3 Å². The van der Waals surface area contributed by atoms with Crippen LogP contribution >= 0.6 is 11.6 Å². The van der Waals surface area contributed by atoms with Crippen LogP contribution in [0.2, 0.25) is 5.02 Å². The Labute approximate surface area is 112 Å². The molecular formula is C14H16ClNO2. The lowest BCUT2D eigenvalue weighted by atomic mass is 10.1. The van der Waals surface area contributed by atoms with Gasteiger partial charge in [-0.05, 0) is 24.1 Å². The van der Waals surface area contributed by atoms with Crippen molar-refractivity contribution in [1.29, 1.82) is 0 Å². The Morgan fingerprint density at radius 3 is 2.94 bits per heavy atom. The fourth-order valence-electron chi connectivity index (χ4n) is 1.83. The quantitative estimate of drug-likeness (QED) is 0.849. The van der Waals surface area contributed by atoms with Gasteiger partial charge in [0.25, 0.3) is 0 Å². The molecule has 0 spiro atoms. The fourth-order valence-corrected chi connectivity index (χ4v) is 2.12. The maximum Gasteiger partial charge on any atom is 0.179 e. The Kier molecular flexibility index (Phi) is 4.35. The first-order valence-electron chi connectivity index (χ1n) is 6.02. The number of halogens is 1. The third-order valence-electron chi connectivity index (χ3n) is 2.82. The average molecular weight is 266 g/mol. The number of fused-ring (bicyclic) bond motifs is 1. The van der Waals surface area contributed by atoms with E-state index in [1.54, 1.807) is 0 Å². The van der Waals surface area contributed by atoms with E-state index in [0.717, 1.165) is 12.0 Å². The molecule has 0 saturated carbocycles. The summed E-state index contributed by atoms with van der Waals surface area (Å²) in [6, 6.07) is 3.90. The van der Waals surface area contributed by atoms with E-state index < -0.39 is 0 Å². The minimum atomic E-state index is 0.0805. The highest BCUT2D eigenvalue weighted by Gasteiger charge is 2.16. The zero-order valence-corrected chi connectivity index (χ0v) is 11.1. The summed E-state index contributed by atoms with van der Waals surface area (Å²) in [4.78, 5) is 0. The predicted octanol–water partition coefficient (Wildman–Crippen LogP) is 2.61. The van der Waals surface area contributed by atoms with Crippen LogP contribution in [0.3, 0.4) is 0 Å². The van der Waals surface area contributed by atoms with Gasteiger partial charge in [0.05, 0.1) is 11.1 Å². The number of rotatable bonds is 4. The molecule has 0 amide bonds. The first kappa shape index (κ1) is 13.1. The molecule has 1 N–H and O–H groups in total. The SMILES string of the molecule is C#CC(CC)NCc1cc(Cl)c2c(c1)OCCO2. The van der Waals surface area contributed by atoms with Crippen LogP contribution in [0.4, 0.5) is 0 Å². The first-order valence-corrected chi connectivity index (χ1v) is 6.40. The standard InChI is InChI=1S/C14H16ClNO2/c1-3-11(4-2)16-9-10-7-12(15)14-13(8-10)17-5-6-18-14/h1,7-8,11,16H,4-6,9H2,2H3. The van der Waals surface area contributed by atoms with E-state index in [1.807, 2.05) is 19.1 Å².